The lowest BCUT2D eigenvalue weighted by molar-refractivity contribution is 0.113. The first-order valence-electron chi connectivity index (χ1n) is 13.2. The van der Waals surface area contributed by atoms with E-state index in [4.69, 9.17) is 43.4 Å². The summed E-state index contributed by atoms with van der Waals surface area (Å²) in [4.78, 5) is 14.6. The zero-order chi connectivity index (χ0) is 27.2. The number of halogens is 2. The fraction of sp³-hybridized carbons (Fsp3) is 0.577. The van der Waals surface area contributed by atoms with Crippen molar-refractivity contribution in [3.63, 3.8) is 0 Å². The van der Waals surface area contributed by atoms with Crippen molar-refractivity contribution in [1.29, 1.82) is 0 Å². The van der Waals surface area contributed by atoms with Crippen LogP contribution in [0.25, 0.3) is 11.2 Å². The first-order valence-corrected chi connectivity index (χ1v) is 15.7. The van der Waals surface area contributed by atoms with E-state index in [1.807, 2.05) is 36.9 Å². The Labute approximate surface area is 234 Å². The molecule has 0 saturated carbocycles. The molecule has 38 heavy (non-hydrogen) atoms. The molecule has 206 valence electrons. The van der Waals surface area contributed by atoms with Gasteiger partial charge in [0.1, 0.15) is 11.3 Å². The van der Waals surface area contributed by atoms with Crippen LogP contribution in [0.3, 0.4) is 0 Å². The smallest absolute Gasteiger partial charge is 0.209 e. The number of fused-ring (bicyclic) bond motifs is 1. The van der Waals surface area contributed by atoms with Crippen molar-refractivity contribution < 1.29 is 8.42 Å². The van der Waals surface area contributed by atoms with Gasteiger partial charge in [-0.1, -0.05) is 36.2 Å². The van der Waals surface area contributed by atoms with Crippen LogP contribution in [0.2, 0.25) is 10.0 Å². The maximum Gasteiger partial charge on any atom is 0.209 e. The summed E-state index contributed by atoms with van der Waals surface area (Å²) in [6.45, 7) is 9.00. The number of aryl methyl sites for hydroxylation is 1. The van der Waals surface area contributed by atoms with E-state index in [2.05, 4.69) is 16.7 Å². The maximum absolute atomic E-state index is 11.5. The van der Waals surface area contributed by atoms with E-state index in [0.717, 1.165) is 67.1 Å². The number of rotatable bonds is 7. The molecule has 2 aliphatic rings. The molecule has 1 aromatic carbocycles. The van der Waals surface area contributed by atoms with E-state index in [-0.39, 0.29) is 17.8 Å². The lowest BCUT2D eigenvalue weighted by Crippen LogP contribution is -2.52. The van der Waals surface area contributed by atoms with E-state index in [1.165, 1.54) is 0 Å². The van der Waals surface area contributed by atoms with Gasteiger partial charge < -0.3 is 4.90 Å². The second kappa shape index (κ2) is 10.9. The van der Waals surface area contributed by atoms with E-state index in [9.17, 15) is 8.42 Å². The van der Waals surface area contributed by atoms with E-state index in [0.29, 0.717) is 28.4 Å². The van der Waals surface area contributed by atoms with Crippen molar-refractivity contribution in [3.8, 4) is 0 Å². The average molecular weight is 581 g/mol. The third-order valence-corrected chi connectivity index (χ3v) is 9.47. The number of piperidine rings is 1. The van der Waals surface area contributed by atoms with Gasteiger partial charge in [0.25, 0.3) is 0 Å². The molecule has 2 N–H and O–H groups in total. The van der Waals surface area contributed by atoms with Gasteiger partial charge in [-0.25, -0.2) is 28.2 Å². The van der Waals surface area contributed by atoms with Crippen LogP contribution in [0, 0.1) is 12.8 Å². The minimum atomic E-state index is -3.44. The zero-order valence-corrected chi connectivity index (χ0v) is 24.3. The quantitative estimate of drug-likeness (QED) is 0.441. The number of hydrogen-bond donors (Lipinski definition) is 1. The van der Waals surface area contributed by atoms with E-state index < -0.39 is 10.0 Å². The normalized spacial score (nSPS) is 23.8. The van der Waals surface area contributed by atoms with Crippen LogP contribution in [-0.2, 0) is 10.0 Å². The molecule has 2 aliphatic heterocycles. The summed E-state index contributed by atoms with van der Waals surface area (Å²) in [6.07, 6.45) is 5.57. The Bertz CT molecular complexity index is 1430. The Hall–Kier alpha value is -1.98. The number of likely N-dealkylation sites (tertiary alicyclic amines) is 1. The van der Waals surface area contributed by atoms with Gasteiger partial charge in [0, 0.05) is 35.2 Å². The SMILES string of the molecule is Cc1nn(C(C)c2ccc(Cl)cc2Cl)c2nc(N3CC[C@H](N4CCC[C@H]4CCS(N)(=O)=O)[C@H](C)C3)cnc12. The van der Waals surface area contributed by atoms with Gasteiger partial charge in [0.15, 0.2) is 5.65 Å². The molecule has 1 unspecified atom stereocenters. The van der Waals surface area contributed by atoms with Gasteiger partial charge in [-0.2, -0.15) is 5.10 Å². The van der Waals surface area contributed by atoms with E-state index >= 15 is 0 Å². The highest BCUT2D eigenvalue weighted by Gasteiger charge is 2.37. The average Bonchev–Trinajstić information content (AvgIpc) is 3.46. The van der Waals surface area contributed by atoms with Crippen LogP contribution in [0.1, 0.15) is 56.8 Å². The molecular formula is C26H35Cl2N7O2S. The molecule has 9 nitrogen and oxygen atoms in total. The van der Waals surface area contributed by atoms with Gasteiger partial charge in [0.05, 0.1) is 23.7 Å². The van der Waals surface area contributed by atoms with Gasteiger partial charge >= 0.3 is 0 Å². The summed E-state index contributed by atoms with van der Waals surface area (Å²) < 4.78 is 25.0. The minimum Gasteiger partial charge on any atom is -0.355 e. The second-order valence-electron chi connectivity index (χ2n) is 10.7. The second-order valence-corrected chi connectivity index (χ2v) is 13.3. The molecule has 0 spiro atoms. The van der Waals surface area contributed by atoms with Crippen molar-refractivity contribution in [2.75, 3.05) is 30.3 Å². The summed E-state index contributed by atoms with van der Waals surface area (Å²) in [6, 6.07) is 6.06. The van der Waals surface area contributed by atoms with Gasteiger partial charge in [-0.05, 0) is 69.7 Å². The number of primary sulfonamides is 1. The topological polar surface area (TPSA) is 110 Å². The predicted octanol–water partition coefficient (Wildman–Crippen LogP) is 4.41. The Morgan fingerprint density at radius 2 is 2.00 bits per heavy atom. The molecule has 3 aromatic rings. The van der Waals surface area contributed by atoms with Crippen LogP contribution in [0.15, 0.2) is 24.4 Å². The molecule has 0 amide bonds. The Morgan fingerprint density at radius 1 is 1.21 bits per heavy atom. The van der Waals surface area contributed by atoms with Crippen molar-refractivity contribution in [2.24, 2.45) is 11.1 Å². The molecule has 2 fully saturated rings. The highest BCUT2D eigenvalue weighted by molar-refractivity contribution is 7.89. The summed E-state index contributed by atoms with van der Waals surface area (Å²) in [5.74, 6) is 1.28. The van der Waals surface area contributed by atoms with Crippen LogP contribution >= 0.6 is 23.2 Å². The number of aromatic nitrogens is 4. The van der Waals surface area contributed by atoms with Gasteiger partial charge in [-0.15, -0.1) is 0 Å². The van der Waals surface area contributed by atoms with Crippen molar-refractivity contribution >= 4 is 50.2 Å². The Morgan fingerprint density at radius 3 is 2.71 bits per heavy atom. The Kier molecular flexibility index (Phi) is 7.90. The number of hydrogen-bond acceptors (Lipinski definition) is 7. The summed E-state index contributed by atoms with van der Waals surface area (Å²) in [7, 11) is -3.44. The lowest BCUT2D eigenvalue weighted by Gasteiger charge is -2.43. The standard InChI is InChI=1S/C26H35Cl2N7O2S/c1-16-15-33(11-8-23(16)34-10-4-5-20(34)9-12-38(29,36)37)24-14-30-25-17(2)32-35(26(25)31-24)18(3)21-7-6-19(27)13-22(21)28/h6-7,13-14,16,18,20,23H,4-5,8-12,15H2,1-3H3,(H2,29,36,37)/t16-,18?,20+,23+/m1/s1. The number of nitrogens with two attached hydrogens (primary N) is 1. The van der Waals surface area contributed by atoms with Crippen molar-refractivity contribution in [2.45, 2.75) is 64.6 Å². The molecule has 2 saturated heterocycles. The number of nitrogens with zero attached hydrogens (tertiary/aromatic N) is 6. The van der Waals surface area contributed by atoms with Crippen molar-refractivity contribution in [1.82, 2.24) is 24.6 Å². The van der Waals surface area contributed by atoms with Crippen LogP contribution in [0.4, 0.5) is 5.82 Å². The highest BCUT2D eigenvalue weighted by atomic mass is 35.5. The monoisotopic (exact) mass is 579 g/mol. The highest BCUT2D eigenvalue weighted by Crippen LogP contribution is 2.34. The number of anilines is 1. The maximum atomic E-state index is 11.5. The summed E-state index contributed by atoms with van der Waals surface area (Å²) >= 11 is 12.6. The van der Waals surface area contributed by atoms with Gasteiger partial charge in [0.2, 0.25) is 10.0 Å². The summed E-state index contributed by atoms with van der Waals surface area (Å²) in [5, 5.41) is 11.2. The number of benzene rings is 1. The van der Waals surface area contributed by atoms with Crippen LogP contribution < -0.4 is 10.0 Å². The number of sulfonamides is 1. The van der Waals surface area contributed by atoms with E-state index in [1.54, 1.807) is 6.07 Å². The zero-order valence-electron chi connectivity index (χ0n) is 22.0. The fourth-order valence-corrected chi connectivity index (χ4v) is 7.34. The predicted molar refractivity (Wildman–Crippen MR) is 152 cm³/mol. The first-order chi connectivity index (χ1) is 18.0. The summed E-state index contributed by atoms with van der Waals surface area (Å²) in [5.41, 5.74) is 3.26. The van der Waals surface area contributed by atoms with Crippen molar-refractivity contribution in [3.05, 3.63) is 45.7 Å². The molecule has 0 bridgehead atoms. The third kappa shape index (κ3) is 5.65. The molecule has 4 heterocycles. The molecule has 4 atom stereocenters. The Balaban J connectivity index is 1.35. The van der Waals surface area contributed by atoms with Crippen LogP contribution in [-0.4, -0.2) is 70.5 Å². The fourth-order valence-electron chi connectivity index (χ4n) is 6.18. The molecule has 0 aliphatic carbocycles. The molecular weight excluding hydrogens is 545 g/mol. The molecule has 5 rings (SSSR count). The molecule has 2 aromatic heterocycles. The minimum absolute atomic E-state index is 0.0454. The largest absolute Gasteiger partial charge is 0.355 e. The van der Waals surface area contributed by atoms with Gasteiger partial charge in [-0.3, -0.25) is 4.90 Å². The molecule has 12 heteroatoms. The lowest BCUT2D eigenvalue weighted by atomic mass is 9.91. The third-order valence-electron chi connectivity index (χ3n) is 8.11. The van der Waals surface area contributed by atoms with Crippen LogP contribution in [0.5, 0.6) is 0 Å². The molecule has 0 radical (unpaired) electrons. The first kappa shape index (κ1) is 27.6.